The van der Waals surface area contributed by atoms with Crippen molar-refractivity contribution in [1.29, 1.82) is 0 Å². The molecule has 1 rings (SSSR count). The second-order valence-corrected chi connectivity index (χ2v) is 6.81. The maximum absolute atomic E-state index is 12.5. The fourth-order valence-electron chi connectivity index (χ4n) is 2.47. The fraction of sp³-hybridized carbons (Fsp3) is 0.588. The molecular formula is C17H26F2N2O3. The zero-order chi connectivity index (χ0) is 18.5. The van der Waals surface area contributed by atoms with Gasteiger partial charge in [-0.15, -0.1) is 0 Å². The van der Waals surface area contributed by atoms with Gasteiger partial charge in [-0.3, -0.25) is 0 Å². The van der Waals surface area contributed by atoms with Crippen LogP contribution in [0.2, 0.25) is 0 Å². The summed E-state index contributed by atoms with van der Waals surface area (Å²) in [4.78, 5) is 12.1. The lowest BCUT2D eigenvalue weighted by Crippen LogP contribution is -2.44. The number of rotatable bonds is 7. The number of ether oxygens (including phenoxy) is 1. The average molecular weight is 344 g/mol. The lowest BCUT2D eigenvalue weighted by atomic mass is 9.81. The predicted octanol–water partition coefficient (Wildman–Crippen LogP) is 3.76. The van der Waals surface area contributed by atoms with Crippen LogP contribution in [-0.2, 0) is 0 Å². The van der Waals surface area contributed by atoms with Crippen molar-refractivity contribution in [3.63, 3.8) is 0 Å². The summed E-state index contributed by atoms with van der Waals surface area (Å²) in [6, 6.07) is 4.06. The van der Waals surface area contributed by atoms with Crippen molar-refractivity contribution >= 4 is 11.7 Å². The van der Waals surface area contributed by atoms with Gasteiger partial charge in [0.05, 0.1) is 11.8 Å². The first-order chi connectivity index (χ1) is 11.0. The first-order valence-corrected chi connectivity index (χ1v) is 7.82. The summed E-state index contributed by atoms with van der Waals surface area (Å²) >= 11 is 0. The topological polar surface area (TPSA) is 70.6 Å². The molecular weight excluding hydrogens is 318 g/mol. The third kappa shape index (κ3) is 5.63. The first-order valence-electron chi connectivity index (χ1n) is 7.82. The van der Waals surface area contributed by atoms with Crippen LogP contribution in [-0.4, -0.2) is 30.4 Å². The van der Waals surface area contributed by atoms with Gasteiger partial charge in [0.15, 0.2) is 0 Å². The van der Waals surface area contributed by atoms with E-state index in [2.05, 4.69) is 15.4 Å². The summed E-state index contributed by atoms with van der Waals surface area (Å²) < 4.78 is 29.3. The summed E-state index contributed by atoms with van der Waals surface area (Å²) in [5.41, 5.74) is 0.266. The summed E-state index contributed by atoms with van der Waals surface area (Å²) in [5, 5.41) is 15.4. The van der Waals surface area contributed by atoms with Crippen molar-refractivity contribution < 1.29 is 23.4 Å². The van der Waals surface area contributed by atoms with Crippen LogP contribution in [0.5, 0.6) is 5.75 Å². The van der Waals surface area contributed by atoms with Crippen molar-refractivity contribution in [1.82, 2.24) is 5.32 Å². The number of hydrogen-bond donors (Lipinski definition) is 3. The Morgan fingerprint density at radius 3 is 2.50 bits per heavy atom. The Morgan fingerprint density at radius 1 is 1.33 bits per heavy atom. The summed E-state index contributed by atoms with van der Waals surface area (Å²) in [6.45, 7) is 6.42. The summed E-state index contributed by atoms with van der Waals surface area (Å²) in [5.74, 6) is -0.0473. The molecule has 136 valence electrons. The lowest BCUT2D eigenvalue weighted by Gasteiger charge is -2.33. The molecule has 1 aromatic rings. The maximum Gasteiger partial charge on any atom is 0.387 e. The van der Waals surface area contributed by atoms with E-state index in [1.807, 2.05) is 27.7 Å². The number of amides is 2. The number of nitrogens with one attached hydrogen (secondary N) is 2. The Morgan fingerprint density at radius 2 is 1.96 bits per heavy atom. The minimum Gasteiger partial charge on any atom is -0.433 e. The van der Waals surface area contributed by atoms with Crippen LogP contribution in [0.4, 0.5) is 19.3 Å². The van der Waals surface area contributed by atoms with Crippen LogP contribution in [0.25, 0.3) is 0 Å². The first kappa shape index (κ1) is 20.2. The zero-order valence-electron chi connectivity index (χ0n) is 14.7. The van der Waals surface area contributed by atoms with Gasteiger partial charge < -0.3 is 20.5 Å². The molecule has 5 nitrogen and oxygen atoms in total. The molecule has 0 radical (unpaired) electrons. The number of hydrogen-bond acceptors (Lipinski definition) is 3. The van der Waals surface area contributed by atoms with Crippen LogP contribution >= 0.6 is 0 Å². The Balaban J connectivity index is 2.75. The van der Waals surface area contributed by atoms with Gasteiger partial charge in [-0.25, -0.2) is 4.79 Å². The van der Waals surface area contributed by atoms with E-state index in [0.717, 1.165) is 0 Å². The number of halogens is 2. The number of benzene rings is 1. The molecule has 0 saturated heterocycles. The van der Waals surface area contributed by atoms with Gasteiger partial charge in [0.1, 0.15) is 5.75 Å². The molecule has 0 aliphatic heterocycles. The van der Waals surface area contributed by atoms with Crippen LogP contribution in [0, 0.1) is 18.3 Å². The number of aliphatic hydroxyl groups excluding tert-OH is 1. The van der Waals surface area contributed by atoms with Gasteiger partial charge in [-0.05, 0) is 24.5 Å². The largest absolute Gasteiger partial charge is 0.433 e. The number of aryl methyl sites for hydroxylation is 1. The molecule has 24 heavy (non-hydrogen) atoms. The van der Waals surface area contributed by atoms with Gasteiger partial charge in [-0.1, -0.05) is 39.8 Å². The number of anilines is 1. The highest BCUT2D eigenvalue weighted by molar-refractivity contribution is 5.91. The van der Waals surface area contributed by atoms with E-state index in [-0.39, 0.29) is 23.9 Å². The van der Waals surface area contributed by atoms with Gasteiger partial charge in [-0.2, -0.15) is 8.78 Å². The van der Waals surface area contributed by atoms with E-state index in [9.17, 15) is 18.7 Å². The van der Waals surface area contributed by atoms with Crippen molar-refractivity contribution in [2.75, 3.05) is 11.9 Å². The molecule has 1 unspecified atom stereocenters. The van der Waals surface area contributed by atoms with Crippen LogP contribution in [0.3, 0.4) is 0 Å². The number of aliphatic hydroxyl groups is 1. The fourth-order valence-corrected chi connectivity index (χ4v) is 2.47. The van der Waals surface area contributed by atoms with Crippen LogP contribution < -0.4 is 15.4 Å². The van der Waals surface area contributed by atoms with E-state index in [4.69, 9.17) is 0 Å². The third-order valence-electron chi connectivity index (χ3n) is 3.83. The Labute approximate surface area is 141 Å². The monoisotopic (exact) mass is 344 g/mol. The van der Waals surface area contributed by atoms with E-state index in [1.54, 1.807) is 19.1 Å². The van der Waals surface area contributed by atoms with Crippen LogP contribution in [0.15, 0.2) is 18.2 Å². The molecule has 3 N–H and O–H groups in total. The summed E-state index contributed by atoms with van der Waals surface area (Å²) in [6.07, 6.45) is -0.589. The van der Waals surface area contributed by atoms with Crippen molar-refractivity contribution in [3.05, 3.63) is 23.8 Å². The van der Waals surface area contributed by atoms with Crippen molar-refractivity contribution in [2.24, 2.45) is 11.3 Å². The molecule has 0 aromatic heterocycles. The minimum atomic E-state index is -2.98. The Kier molecular flexibility index (Phi) is 6.95. The van der Waals surface area contributed by atoms with Gasteiger partial charge >= 0.3 is 12.6 Å². The van der Waals surface area contributed by atoms with Gasteiger partial charge in [0.25, 0.3) is 0 Å². The average Bonchev–Trinajstić information content (AvgIpc) is 2.47. The van der Waals surface area contributed by atoms with Crippen LogP contribution in [0.1, 0.15) is 33.3 Å². The van der Waals surface area contributed by atoms with Gasteiger partial charge in [0.2, 0.25) is 0 Å². The molecule has 1 aromatic carbocycles. The number of urea groups is 1. The van der Waals surface area contributed by atoms with Crippen molar-refractivity contribution in [2.45, 2.75) is 47.3 Å². The molecule has 7 heteroatoms. The van der Waals surface area contributed by atoms with Gasteiger partial charge in [0, 0.05) is 12.0 Å². The molecule has 0 spiro atoms. The number of alkyl halides is 2. The molecule has 0 saturated carbocycles. The molecule has 0 bridgehead atoms. The number of carbonyl (C=O) groups excluding carboxylic acids is 1. The molecule has 0 heterocycles. The smallest absolute Gasteiger partial charge is 0.387 e. The highest BCUT2D eigenvalue weighted by atomic mass is 19.3. The highest BCUT2D eigenvalue weighted by Crippen LogP contribution is 2.29. The number of para-hydroxylation sites is 1. The standard InChI is InChI=1S/C17H26F2N2O3/c1-10(2)14(22)17(4,5)9-20-16(23)21-13-11(3)7-6-8-12(13)24-15(18)19/h6-8,10,14-15,22H,9H2,1-5H3,(H2,20,21,23). The summed E-state index contributed by atoms with van der Waals surface area (Å²) in [7, 11) is 0. The second kappa shape index (κ2) is 8.28. The van der Waals surface area contributed by atoms with E-state index < -0.39 is 24.2 Å². The molecule has 2 amide bonds. The normalized spacial score (nSPS) is 13.1. The highest BCUT2D eigenvalue weighted by Gasteiger charge is 2.30. The Bertz CT molecular complexity index is 563. The lowest BCUT2D eigenvalue weighted by molar-refractivity contribution is -0.0493. The molecule has 0 fully saturated rings. The molecule has 1 atom stereocenters. The SMILES string of the molecule is Cc1cccc(OC(F)F)c1NC(=O)NCC(C)(C)C(O)C(C)C. The number of carbonyl (C=O) groups is 1. The molecule has 0 aliphatic carbocycles. The minimum absolute atomic E-state index is 0.0484. The van der Waals surface area contributed by atoms with E-state index in [0.29, 0.717) is 5.56 Å². The van der Waals surface area contributed by atoms with E-state index >= 15 is 0 Å². The third-order valence-corrected chi connectivity index (χ3v) is 3.83. The van der Waals surface area contributed by atoms with E-state index in [1.165, 1.54) is 6.07 Å². The quantitative estimate of drug-likeness (QED) is 0.705. The molecule has 0 aliphatic rings. The van der Waals surface area contributed by atoms with Crippen molar-refractivity contribution in [3.8, 4) is 5.75 Å². The zero-order valence-corrected chi connectivity index (χ0v) is 14.7. The second-order valence-electron chi connectivity index (χ2n) is 6.81. The Hall–Kier alpha value is -1.89. The predicted molar refractivity (Wildman–Crippen MR) is 89.5 cm³/mol. The maximum atomic E-state index is 12.5.